The molecule has 1 saturated carbocycles. The maximum absolute atomic E-state index is 4.30. The minimum absolute atomic E-state index is 0.111. The molecule has 0 saturated heterocycles. The molecule has 1 aromatic heterocycles. The Kier molecular flexibility index (Phi) is 3.04. The molecule has 90 valence electrons. The van der Waals surface area contributed by atoms with Crippen LogP contribution in [-0.2, 0) is 5.41 Å². The third-order valence-electron chi connectivity index (χ3n) is 3.64. The first-order valence-corrected chi connectivity index (χ1v) is 6.39. The Morgan fingerprint density at radius 3 is 2.31 bits per heavy atom. The van der Waals surface area contributed by atoms with Crippen LogP contribution in [0.3, 0.4) is 0 Å². The highest BCUT2D eigenvalue weighted by Crippen LogP contribution is 2.31. The summed E-state index contributed by atoms with van der Waals surface area (Å²) in [7, 11) is 0. The molecule has 0 aliphatic heterocycles. The predicted octanol–water partition coefficient (Wildman–Crippen LogP) is 3.33. The van der Waals surface area contributed by atoms with Gasteiger partial charge in [-0.05, 0) is 31.6 Å². The van der Waals surface area contributed by atoms with Gasteiger partial charge in [-0.25, -0.2) is 4.68 Å². The number of aromatic nitrogens is 3. The first-order chi connectivity index (χ1) is 7.47. The van der Waals surface area contributed by atoms with E-state index in [1.165, 1.54) is 25.7 Å². The van der Waals surface area contributed by atoms with Crippen LogP contribution < -0.4 is 0 Å². The van der Waals surface area contributed by atoms with Crippen LogP contribution in [0.2, 0.25) is 0 Å². The van der Waals surface area contributed by atoms with Crippen LogP contribution in [0.1, 0.15) is 65.1 Å². The summed E-state index contributed by atoms with van der Waals surface area (Å²) in [6.45, 7) is 8.90. The van der Waals surface area contributed by atoms with Crippen molar-refractivity contribution in [3.8, 4) is 0 Å². The minimum Gasteiger partial charge on any atom is -0.249 e. The van der Waals surface area contributed by atoms with E-state index < -0.39 is 0 Å². The first kappa shape index (κ1) is 11.6. The van der Waals surface area contributed by atoms with Crippen molar-refractivity contribution in [2.75, 3.05) is 0 Å². The zero-order chi connectivity index (χ0) is 11.8. The van der Waals surface area contributed by atoms with Crippen molar-refractivity contribution < 1.29 is 0 Å². The molecule has 0 bridgehead atoms. The van der Waals surface area contributed by atoms with Crippen molar-refractivity contribution in [2.45, 2.75) is 64.8 Å². The third-order valence-corrected chi connectivity index (χ3v) is 3.64. The molecule has 0 unspecified atom stereocenters. The Balaban J connectivity index is 2.08. The SMILES string of the molecule is CC(C)(C)c1cn([C@H]2CC[C@H](C)CC2)nn1. The average molecular weight is 221 g/mol. The van der Waals surface area contributed by atoms with Gasteiger partial charge in [-0.2, -0.15) is 0 Å². The van der Waals surface area contributed by atoms with Gasteiger partial charge in [0.1, 0.15) is 0 Å². The van der Waals surface area contributed by atoms with Crippen molar-refractivity contribution in [1.29, 1.82) is 0 Å². The second-order valence-electron chi connectivity index (χ2n) is 6.25. The lowest BCUT2D eigenvalue weighted by atomic mass is 9.87. The van der Waals surface area contributed by atoms with Gasteiger partial charge in [-0.15, -0.1) is 5.10 Å². The summed E-state index contributed by atoms with van der Waals surface area (Å²) in [6, 6.07) is 0.583. The molecule has 1 heterocycles. The van der Waals surface area contributed by atoms with E-state index in [2.05, 4.69) is 48.9 Å². The van der Waals surface area contributed by atoms with E-state index >= 15 is 0 Å². The van der Waals surface area contributed by atoms with E-state index in [4.69, 9.17) is 0 Å². The molecular formula is C13H23N3. The largest absolute Gasteiger partial charge is 0.249 e. The van der Waals surface area contributed by atoms with Crippen LogP contribution in [0.15, 0.2) is 6.20 Å². The Hall–Kier alpha value is -0.860. The van der Waals surface area contributed by atoms with E-state index in [1.54, 1.807) is 0 Å². The van der Waals surface area contributed by atoms with Gasteiger partial charge in [0.15, 0.2) is 0 Å². The molecule has 3 nitrogen and oxygen atoms in total. The molecule has 0 amide bonds. The highest BCUT2D eigenvalue weighted by Gasteiger charge is 2.23. The Bertz CT molecular complexity index is 340. The normalized spacial score (nSPS) is 27.0. The smallest absolute Gasteiger partial charge is 0.0880 e. The van der Waals surface area contributed by atoms with Crippen molar-refractivity contribution >= 4 is 0 Å². The summed E-state index contributed by atoms with van der Waals surface area (Å²) in [4.78, 5) is 0. The van der Waals surface area contributed by atoms with Crippen LogP contribution in [0.25, 0.3) is 0 Å². The molecule has 1 aromatic rings. The minimum atomic E-state index is 0.111. The zero-order valence-electron chi connectivity index (χ0n) is 10.9. The molecule has 1 aliphatic rings. The zero-order valence-corrected chi connectivity index (χ0v) is 10.9. The summed E-state index contributed by atoms with van der Waals surface area (Å²) in [5.41, 5.74) is 1.21. The molecule has 2 rings (SSSR count). The summed E-state index contributed by atoms with van der Waals surface area (Å²) >= 11 is 0. The summed E-state index contributed by atoms with van der Waals surface area (Å²) in [5.74, 6) is 0.891. The van der Waals surface area contributed by atoms with Gasteiger partial charge in [-0.1, -0.05) is 32.9 Å². The number of nitrogens with zero attached hydrogens (tertiary/aromatic N) is 3. The number of rotatable bonds is 1. The second-order valence-corrected chi connectivity index (χ2v) is 6.25. The van der Waals surface area contributed by atoms with E-state index in [-0.39, 0.29) is 5.41 Å². The van der Waals surface area contributed by atoms with Gasteiger partial charge in [0, 0.05) is 11.6 Å². The molecule has 1 fully saturated rings. The van der Waals surface area contributed by atoms with E-state index in [0.29, 0.717) is 6.04 Å². The second kappa shape index (κ2) is 4.19. The number of hydrogen-bond acceptors (Lipinski definition) is 2. The van der Waals surface area contributed by atoms with Gasteiger partial charge >= 0.3 is 0 Å². The van der Waals surface area contributed by atoms with Crippen LogP contribution in [-0.4, -0.2) is 15.0 Å². The Morgan fingerprint density at radius 2 is 1.81 bits per heavy atom. The molecule has 16 heavy (non-hydrogen) atoms. The maximum atomic E-state index is 4.30. The molecule has 0 radical (unpaired) electrons. The first-order valence-electron chi connectivity index (χ1n) is 6.39. The van der Waals surface area contributed by atoms with Gasteiger partial charge < -0.3 is 0 Å². The van der Waals surface area contributed by atoms with Crippen molar-refractivity contribution in [3.05, 3.63) is 11.9 Å². The Labute approximate surface area is 98.2 Å². The fraction of sp³-hybridized carbons (Fsp3) is 0.846. The summed E-state index contributed by atoms with van der Waals surface area (Å²) < 4.78 is 2.09. The highest BCUT2D eigenvalue weighted by molar-refractivity contribution is 5.06. The van der Waals surface area contributed by atoms with E-state index in [1.807, 2.05) is 0 Å². The third kappa shape index (κ3) is 2.45. The van der Waals surface area contributed by atoms with Gasteiger partial charge in [0.05, 0.1) is 11.7 Å². The molecule has 3 heteroatoms. The lowest BCUT2D eigenvalue weighted by Crippen LogP contribution is -2.17. The summed E-state index contributed by atoms with van der Waals surface area (Å²) in [6.07, 6.45) is 7.31. The molecule has 0 aromatic carbocycles. The van der Waals surface area contributed by atoms with Crippen LogP contribution in [0, 0.1) is 5.92 Å². The topological polar surface area (TPSA) is 30.7 Å². The molecule has 0 atom stereocenters. The average Bonchev–Trinajstić information content (AvgIpc) is 2.67. The van der Waals surface area contributed by atoms with Gasteiger partial charge in [0.2, 0.25) is 0 Å². The maximum Gasteiger partial charge on any atom is 0.0880 e. The predicted molar refractivity (Wildman–Crippen MR) is 65.4 cm³/mol. The highest BCUT2D eigenvalue weighted by atomic mass is 15.4. The quantitative estimate of drug-likeness (QED) is 0.728. The van der Waals surface area contributed by atoms with Crippen LogP contribution in [0.5, 0.6) is 0 Å². The molecule has 1 aliphatic carbocycles. The number of hydrogen-bond donors (Lipinski definition) is 0. The lowest BCUT2D eigenvalue weighted by molar-refractivity contribution is 0.270. The fourth-order valence-electron chi connectivity index (χ4n) is 2.31. The van der Waals surface area contributed by atoms with Gasteiger partial charge in [-0.3, -0.25) is 0 Å². The van der Waals surface area contributed by atoms with Crippen molar-refractivity contribution in [2.24, 2.45) is 5.92 Å². The Morgan fingerprint density at radius 1 is 1.19 bits per heavy atom. The van der Waals surface area contributed by atoms with Crippen molar-refractivity contribution in [1.82, 2.24) is 15.0 Å². The van der Waals surface area contributed by atoms with Crippen LogP contribution in [0.4, 0.5) is 0 Å². The fourth-order valence-corrected chi connectivity index (χ4v) is 2.31. The molecule has 0 spiro atoms. The molecular weight excluding hydrogens is 198 g/mol. The van der Waals surface area contributed by atoms with Crippen molar-refractivity contribution in [3.63, 3.8) is 0 Å². The molecule has 0 N–H and O–H groups in total. The summed E-state index contributed by atoms with van der Waals surface area (Å²) in [5, 5.41) is 8.59. The monoisotopic (exact) mass is 221 g/mol. The van der Waals surface area contributed by atoms with Crippen LogP contribution >= 0.6 is 0 Å². The standard InChI is InChI=1S/C13H23N3/c1-10-5-7-11(8-6-10)16-9-12(14-15-16)13(2,3)4/h9-11H,5-8H2,1-4H3/t10-,11-. The van der Waals surface area contributed by atoms with E-state index in [0.717, 1.165) is 11.6 Å². The van der Waals surface area contributed by atoms with E-state index in [9.17, 15) is 0 Å². The van der Waals surface area contributed by atoms with Gasteiger partial charge in [0.25, 0.3) is 0 Å². The lowest BCUT2D eigenvalue weighted by Gasteiger charge is -2.25.